The second-order valence-electron chi connectivity index (χ2n) is 6.32. The monoisotopic (exact) mass is 402 g/mol. The number of benzene rings is 2. The standard InChI is InChI=1S/C19H18N2O4S2/c22-18-16-8-4-5-9-17(16)20-19(21(18)14-10-11-14)26-12-13-27(23,24)25-15-6-2-1-3-7-15/h1-9,14H,10-13H2. The van der Waals surface area contributed by atoms with Crippen LogP contribution >= 0.6 is 11.8 Å². The number of thioether (sulfide) groups is 1. The largest absolute Gasteiger partial charge is 0.382 e. The zero-order valence-corrected chi connectivity index (χ0v) is 16.1. The first-order valence-corrected chi connectivity index (χ1v) is 11.2. The van der Waals surface area contributed by atoms with Crippen LogP contribution in [0.1, 0.15) is 18.9 Å². The topological polar surface area (TPSA) is 78.3 Å². The van der Waals surface area contributed by atoms with Crippen LogP contribution in [0.4, 0.5) is 0 Å². The molecule has 8 heteroatoms. The van der Waals surface area contributed by atoms with Crippen LogP contribution in [-0.4, -0.2) is 29.5 Å². The molecule has 0 amide bonds. The Morgan fingerprint density at radius 2 is 1.78 bits per heavy atom. The molecular formula is C19H18N2O4S2. The van der Waals surface area contributed by atoms with Gasteiger partial charge in [0.1, 0.15) is 5.75 Å². The zero-order valence-electron chi connectivity index (χ0n) is 14.4. The van der Waals surface area contributed by atoms with Gasteiger partial charge in [-0.1, -0.05) is 42.1 Å². The molecule has 1 aliphatic rings. The number of aromatic nitrogens is 2. The van der Waals surface area contributed by atoms with Crippen LogP contribution in [-0.2, 0) is 10.1 Å². The summed E-state index contributed by atoms with van der Waals surface area (Å²) in [6, 6.07) is 15.8. The summed E-state index contributed by atoms with van der Waals surface area (Å²) in [5.41, 5.74) is 0.569. The Balaban J connectivity index is 1.52. The quantitative estimate of drug-likeness (QED) is 0.343. The molecule has 0 N–H and O–H groups in total. The molecule has 4 rings (SSSR count). The number of nitrogens with zero attached hydrogens (tertiary/aromatic N) is 2. The molecule has 1 fully saturated rings. The lowest BCUT2D eigenvalue weighted by Crippen LogP contribution is -2.23. The third-order valence-corrected chi connectivity index (χ3v) is 6.58. The highest BCUT2D eigenvalue weighted by molar-refractivity contribution is 8.00. The van der Waals surface area contributed by atoms with Gasteiger partial charge in [0, 0.05) is 11.8 Å². The predicted molar refractivity (Wildman–Crippen MR) is 106 cm³/mol. The van der Waals surface area contributed by atoms with Gasteiger partial charge in [0.15, 0.2) is 5.16 Å². The molecule has 1 aliphatic carbocycles. The average Bonchev–Trinajstić information content (AvgIpc) is 3.47. The molecule has 3 aromatic rings. The van der Waals surface area contributed by atoms with Crippen molar-refractivity contribution in [1.82, 2.24) is 9.55 Å². The van der Waals surface area contributed by atoms with Gasteiger partial charge in [-0.2, -0.15) is 8.42 Å². The molecule has 27 heavy (non-hydrogen) atoms. The van der Waals surface area contributed by atoms with Crippen molar-refractivity contribution in [1.29, 1.82) is 0 Å². The fourth-order valence-corrected chi connectivity index (χ4v) is 5.14. The maximum absolute atomic E-state index is 12.8. The van der Waals surface area contributed by atoms with E-state index in [0.29, 0.717) is 21.8 Å². The summed E-state index contributed by atoms with van der Waals surface area (Å²) in [7, 11) is -3.71. The van der Waals surface area contributed by atoms with Crippen LogP contribution in [0.2, 0.25) is 0 Å². The molecule has 0 saturated heterocycles. The van der Waals surface area contributed by atoms with Gasteiger partial charge in [-0.25, -0.2) is 4.98 Å². The second-order valence-corrected chi connectivity index (χ2v) is 9.08. The minimum absolute atomic E-state index is 0.0611. The van der Waals surface area contributed by atoms with Crippen molar-refractivity contribution in [2.24, 2.45) is 0 Å². The summed E-state index contributed by atoms with van der Waals surface area (Å²) in [6.45, 7) is 0. The zero-order chi connectivity index (χ0) is 18.9. The number of hydrogen-bond donors (Lipinski definition) is 0. The summed E-state index contributed by atoms with van der Waals surface area (Å²) in [5, 5.41) is 1.16. The summed E-state index contributed by atoms with van der Waals surface area (Å²) >= 11 is 1.27. The predicted octanol–water partition coefficient (Wildman–Crippen LogP) is 3.23. The Bertz CT molecular complexity index is 1120. The highest BCUT2D eigenvalue weighted by Crippen LogP contribution is 2.36. The fraction of sp³-hybridized carbons (Fsp3) is 0.263. The summed E-state index contributed by atoms with van der Waals surface area (Å²) < 4.78 is 31.2. The number of fused-ring (bicyclic) bond motifs is 1. The fourth-order valence-electron chi connectivity index (χ4n) is 2.78. The molecule has 0 aliphatic heterocycles. The third-order valence-electron chi connectivity index (χ3n) is 4.22. The van der Waals surface area contributed by atoms with Crippen molar-refractivity contribution >= 4 is 32.8 Å². The van der Waals surface area contributed by atoms with Crippen LogP contribution in [0, 0.1) is 0 Å². The van der Waals surface area contributed by atoms with E-state index in [4.69, 9.17) is 4.18 Å². The van der Waals surface area contributed by atoms with Gasteiger partial charge >= 0.3 is 10.1 Å². The van der Waals surface area contributed by atoms with Crippen LogP contribution in [0.25, 0.3) is 10.9 Å². The average molecular weight is 402 g/mol. The second kappa shape index (κ2) is 7.36. The van der Waals surface area contributed by atoms with E-state index in [1.807, 2.05) is 12.1 Å². The van der Waals surface area contributed by atoms with E-state index >= 15 is 0 Å². The summed E-state index contributed by atoms with van der Waals surface area (Å²) in [6.07, 6.45) is 1.89. The Morgan fingerprint density at radius 1 is 1.07 bits per heavy atom. The number of para-hydroxylation sites is 2. The normalized spacial score (nSPS) is 14.4. The molecule has 0 spiro atoms. The maximum atomic E-state index is 12.8. The Kier molecular flexibility index (Phi) is 4.92. The first-order chi connectivity index (χ1) is 13.0. The van der Waals surface area contributed by atoms with E-state index in [2.05, 4.69) is 4.98 Å². The summed E-state index contributed by atoms with van der Waals surface area (Å²) in [4.78, 5) is 17.4. The van der Waals surface area contributed by atoms with Gasteiger partial charge in [0.2, 0.25) is 0 Å². The van der Waals surface area contributed by atoms with Crippen molar-refractivity contribution in [3.05, 3.63) is 65.0 Å². The van der Waals surface area contributed by atoms with E-state index in [-0.39, 0.29) is 23.1 Å². The molecule has 140 valence electrons. The van der Waals surface area contributed by atoms with Gasteiger partial charge in [-0.15, -0.1) is 0 Å². The molecular weight excluding hydrogens is 384 g/mol. The molecule has 0 bridgehead atoms. The SMILES string of the molecule is O=c1c2ccccc2nc(SCCS(=O)(=O)Oc2ccccc2)n1C1CC1. The van der Waals surface area contributed by atoms with Gasteiger partial charge in [-0.05, 0) is 37.1 Å². The van der Waals surface area contributed by atoms with Crippen LogP contribution in [0.3, 0.4) is 0 Å². The minimum atomic E-state index is -3.71. The Hall–Kier alpha value is -2.32. The lowest BCUT2D eigenvalue weighted by Gasteiger charge is -2.12. The summed E-state index contributed by atoms with van der Waals surface area (Å²) in [5.74, 6) is 0.383. The highest BCUT2D eigenvalue weighted by atomic mass is 32.2. The van der Waals surface area contributed by atoms with Gasteiger partial charge in [0.05, 0.1) is 16.7 Å². The smallest absolute Gasteiger partial charge is 0.310 e. The van der Waals surface area contributed by atoms with Gasteiger partial charge in [-0.3, -0.25) is 9.36 Å². The van der Waals surface area contributed by atoms with Crippen molar-refractivity contribution in [3.8, 4) is 5.75 Å². The van der Waals surface area contributed by atoms with E-state index in [0.717, 1.165) is 12.8 Å². The third kappa shape index (κ3) is 4.17. The number of rotatable bonds is 7. The molecule has 0 unspecified atom stereocenters. The molecule has 0 atom stereocenters. The van der Waals surface area contributed by atoms with E-state index in [1.165, 1.54) is 11.8 Å². The highest BCUT2D eigenvalue weighted by Gasteiger charge is 2.28. The van der Waals surface area contributed by atoms with Crippen molar-refractivity contribution in [3.63, 3.8) is 0 Å². The lowest BCUT2D eigenvalue weighted by molar-refractivity contribution is 0.488. The van der Waals surface area contributed by atoms with Crippen LogP contribution in [0.15, 0.2) is 64.5 Å². The molecule has 1 aromatic heterocycles. The molecule has 6 nitrogen and oxygen atoms in total. The van der Waals surface area contributed by atoms with Gasteiger partial charge < -0.3 is 4.18 Å². The van der Waals surface area contributed by atoms with Crippen LogP contribution < -0.4 is 9.74 Å². The molecule has 0 radical (unpaired) electrons. The number of hydrogen-bond acceptors (Lipinski definition) is 6. The Labute approximate surface area is 161 Å². The van der Waals surface area contributed by atoms with E-state index in [1.54, 1.807) is 47.0 Å². The molecule has 1 heterocycles. The molecule has 2 aromatic carbocycles. The van der Waals surface area contributed by atoms with E-state index < -0.39 is 10.1 Å². The lowest BCUT2D eigenvalue weighted by atomic mass is 10.2. The first-order valence-electron chi connectivity index (χ1n) is 8.65. The van der Waals surface area contributed by atoms with E-state index in [9.17, 15) is 13.2 Å². The molecule has 1 saturated carbocycles. The van der Waals surface area contributed by atoms with Crippen molar-refractivity contribution in [2.45, 2.75) is 24.0 Å². The minimum Gasteiger partial charge on any atom is -0.382 e. The van der Waals surface area contributed by atoms with Crippen LogP contribution in [0.5, 0.6) is 5.75 Å². The Morgan fingerprint density at radius 3 is 2.52 bits per heavy atom. The van der Waals surface area contributed by atoms with Gasteiger partial charge in [0.25, 0.3) is 5.56 Å². The maximum Gasteiger partial charge on any atom is 0.310 e. The van der Waals surface area contributed by atoms with Crippen molar-refractivity contribution < 1.29 is 12.6 Å². The first kappa shape index (κ1) is 18.1. The van der Waals surface area contributed by atoms with Crippen molar-refractivity contribution in [2.75, 3.05) is 11.5 Å².